The summed E-state index contributed by atoms with van der Waals surface area (Å²) in [5.74, 6) is -2.79. The molecule has 0 N–H and O–H groups in total. The third-order valence-corrected chi connectivity index (χ3v) is 14.4. The van der Waals surface area contributed by atoms with Gasteiger partial charge in [-0.1, -0.05) is 11.6 Å². The van der Waals surface area contributed by atoms with Crippen LogP contribution in [0.1, 0.15) is 125 Å². The van der Waals surface area contributed by atoms with Gasteiger partial charge in [-0.15, -0.1) is 0 Å². The Morgan fingerprint density at radius 3 is 1.86 bits per heavy atom. The number of furan rings is 2. The minimum Gasteiger partial charge on any atom is -0.449 e. The summed E-state index contributed by atoms with van der Waals surface area (Å²) < 4.78 is 102. The smallest absolute Gasteiger partial charge is 0.420 e. The molecule has 2 aromatic heterocycles. The number of rotatable bonds is 8. The molecular weight excluding hydrogens is 884 g/mol. The van der Waals surface area contributed by atoms with Gasteiger partial charge in [-0.05, 0) is 105 Å². The molecule has 65 heavy (non-hydrogen) atoms. The number of alkyl halides is 6. The minimum atomic E-state index is -4.74. The first-order chi connectivity index (χ1) is 31.0. The number of fused-ring (bicyclic) bond motifs is 2. The zero-order chi connectivity index (χ0) is 45.7. The summed E-state index contributed by atoms with van der Waals surface area (Å²) >= 11 is 6.54. The van der Waals surface area contributed by atoms with Gasteiger partial charge in [0.25, 0.3) is 11.8 Å². The average Bonchev–Trinajstić information content (AvgIpc) is 4.19. The maximum absolute atomic E-state index is 14.1. The fraction of sp³-hybridized carbons (Fsp3) is 0.543. The predicted octanol–water partition coefficient (Wildman–Crippen LogP) is 8.87. The second-order valence-electron chi connectivity index (χ2n) is 18.4. The lowest BCUT2D eigenvalue weighted by molar-refractivity contribution is -0.155. The quantitative estimate of drug-likeness (QED) is 0.160. The lowest BCUT2D eigenvalue weighted by atomic mass is 9.93. The molecule has 2 unspecified atom stereocenters. The van der Waals surface area contributed by atoms with Crippen molar-refractivity contribution >= 4 is 57.2 Å². The summed E-state index contributed by atoms with van der Waals surface area (Å²) in [7, 11) is 0. The van der Waals surface area contributed by atoms with Crippen LogP contribution in [0.15, 0.2) is 33.1 Å². The number of nitriles is 1. The van der Waals surface area contributed by atoms with E-state index in [1.54, 1.807) is 15.9 Å². The first kappa shape index (κ1) is 43.6. The number of carbonyl (C=O) groups is 4. The van der Waals surface area contributed by atoms with Crippen LogP contribution in [0.5, 0.6) is 0 Å². The zero-order valence-electron chi connectivity index (χ0n) is 35.0. The number of hydrogen-bond acceptors (Lipinski definition) is 8. The molecule has 4 aromatic rings. The highest BCUT2D eigenvalue weighted by Crippen LogP contribution is 2.48. The van der Waals surface area contributed by atoms with Gasteiger partial charge in [0, 0.05) is 75.0 Å². The second kappa shape index (κ2) is 16.3. The van der Waals surface area contributed by atoms with Crippen LogP contribution in [0.2, 0.25) is 5.02 Å². The molecule has 6 aliphatic rings. The van der Waals surface area contributed by atoms with Gasteiger partial charge in [-0.2, -0.15) is 31.6 Å². The summed E-state index contributed by atoms with van der Waals surface area (Å²) in [6.45, 7) is 1.48. The van der Waals surface area contributed by atoms with E-state index in [9.17, 15) is 50.8 Å². The Labute approximate surface area is 373 Å². The molecule has 6 fully saturated rings. The lowest BCUT2D eigenvalue weighted by Crippen LogP contribution is -2.58. The van der Waals surface area contributed by atoms with E-state index in [4.69, 9.17) is 25.2 Å². The van der Waals surface area contributed by atoms with Crippen LogP contribution in [-0.4, -0.2) is 107 Å². The van der Waals surface area contributed by atoms with E-state index in [0.717, 1.165) is 37.8 Å². The van der Waals surface area contributed by atoms with Crippen LogP contribution in [0.4, 0.5) is 26.3 Å². The molecule has 3 saturated heterocycles. The van der Waals surface area contributed by atoms with Gasteiger partial charge in [0.15, 0.2) is 0 Å². The van der Waals surface area contributed by atoms with E-state index in [-0.39, 0.29) is 114 Å². The molecule has 0 spiro atoms. The molecule has 2 atom stereocenters. The first-order valence-corrected chi connectivity index (χ1v) is 22.6. The molecule has 3 saturated carbocycles. The molecule has 3 aliphatic carbocycles. The van der Waals surface area contributed by atoms with E-state index in [2.05, 4.69) is 0 Å². The number of benzene rings is 2. The summed E-state index contributed by atoms with van der Waals surface area (Å²) in [5, 5.41) is 9.79. The van der Waals surface area contributed by atoms with E-state index < -0.39 is 52.2 Å². The highest BCUT2D eigenvalue weighted by atomic mass is 35.5. The molecule has 19 heteroatoms. The van der Waals surface area contributed by atoms with Gasteiger partial charge >= 0.3 is 12.4 Å². The van der Waals surface area contributed by atoms with Crippen LogP contribution in [0.25, 0.3) is 21.9 Å². The van der Waals surface area contributed by atoms with Crippen molar-refractivity contribution in [1.29, 1.82) is 5.26 Å². The maximum atomic E-state index is 14.1. The summed E-state index contributed by atoms with van der Waals surface area (Å²) in [5.41, 5.74) is -2.25. The Kier molecular flexibility index (Phi) is 10.9. The monoisotopic (exact) mass is 927 g/mol. The van der Waals surface area contributed by atoms with Crippen LogP contribution in [-0.2, 0) is 26.7 Å². The molecular formula is C46H44ClF6N5O7. The Bertz CT molecular complexity index is 2650. The lowest BCUT2D eigenvalue weighted by Gasteiger charge is -2.43. The number of hydrogen-bond donors (Lipinski definition) is 0. The van der Waals surface area contributed by atoms with Gasteiger partial charge < -0.3 is 33.2 Å². The van der Waals surface area contributed by atoms with Gasteiger partial charge in [0.1, 0.15) is 22.8 Å². The van der Waals surface area contributed by atoms with Crippen molar-refractivity contribution in [2.75, 3.05) is 45.8 Å². The molecule has 4 amide bonds. The van der Waals surface area contributed by atoms with Crippen molar-refractivity contribution in [1.82, 2.24) is 19.6 Å². The third-order valence-electron chi connectivity index (χ3n) is 14.1. The predicted molar refractivity (Wildman–Crippen MR) is 220 cm³/mol. The van der Waals surface area contributed by atoms with E-state index in [0.29, 0.717) is 56.3 Å². The molecule has 2 aromatic carbocycles. The zero-order valence-corrected chi connectivity index (χ0v) is 35.8. The Morgan fingerprint density at radius 1 is 0.692 bits per heavy atom. The topological polar surface area (TPSA) is 141 Å². The van der Waals surface area contributed by atoms with Gasteiger partial charge in [-0.25, -0.2) is 0 Å². The summed E-state index contributed by atoms with van der Waals surface area (Å²) in [4.78, 5) is 60.4. The van der Waals surface area contributed by atoms with E-state index in [1.807, 2.05) is 6.07 Å². The fourth-order valence-electron chi connectivity index (χ4n) is 10.1. The van der Waals surface area contributed by atoms with Crippen molar-refractivity contribution < 1.29 is 59.1 Å². The van der Waals surface area contributed by atoms with Crippen molar-refractivity contribution in [3.8, 4) is 6.07 Å². The number of nitrogens with zero attached hydrogens (tertiary/aromatic N) is 5. The molecule has 0 bridgehead atoms. The molecule has 5 heterocycles. The minimum absolute atomic E-state index is 0.00980. The number of carbonyl (C=O) groups excluding carboxylic acids is 4. The van der Waals surface area contributed by atoms with Crippen molar-refractivity contribution in [2.24, 2.45) is 5.92 Å². The Morgan fingerprint density at radius 2 is 1.26 bits per heavy atom. The van der Waals surface area contributed by atoms with Gasteiger partial charge in [0.05, 0.1) is 28.4 Å². The molecule has 0 radical (unpaired) electrons. The molecule has 3 aliphatic heterocycles. The Balaban J connectivity index is 0.703. The first-order valence-electron chi connectivity index (χ1n) is 22.2. The van der Waals surface area contributed by atoms with Gasteiger partial charge in [0.2, 0.25) is 23.3 Å². The maximum Gasteiger partial charge on any atom is 0.420 e. The van der Waals surface area contributed by atoms with Crippen LogP contribution in [0, 0.1) is 17.2 Å². The van der Waals surface area contributed by atoms with Crippen LogP contribution in [0.3, 0.4) is 0 Å². The molecule has 344 valence electrons. The molecule has 10 rings (SSSR count). The second-order valence-corrected chi connectivity index (χ2v) is 18.8. The summed E-state index contributed by atoms with van der Waals surface area (Å²) in [6.07, 6.45) is -4.17. The highest BCUT2D eigenvalue weighted by molar-refractivity contribution is 6.38. The normalized spacial score (nSPS) is 22.8. The number of halogens is 7. The van der Waals surface area contributed by atoms with Crippen molar-refractivity contribution in [2.45, 2.75) is 107 Å². The molecule has 12 nitrogen and oxygen atoms in total. The van der Waals surface area contributed by atoms with Gasteiger partial charge in [-0.3, -0.25) is 19.2 Å². The largest absolute Gasteiger partial charge is 0.449 e. The van der Waals surface area contributed by atoms with Crippen LogP contribution >= 0.6 is 11.6 Å². The fourth-order valence-corrected chi connectivity index (χ4v) is 10.4. The Hall–Kier alpha value is -5.28. The number of piperidine rings is 1. The SMILES string of the molecule is N#Cc1c(C(=O)N2CCC(C(=O)N3CC(OC4CCC(N5CCN(C(=O)c6oc7c(C(F)(F)F)cc(C8CC8)cc7c6Cl)CCC5=O)C4)C3)CC2)oc2c(C(F)(F)F)cc(C3CC3)cc12. The number of amides is 4. The van der Waals surface area contributed by atoms with E-state index >= 15 is 0 Å². The third kappa shape index (κ3) is 8.21. The van der Waals surface area contributed by atoms with Crippen LogP contribution < -0.4 is 0 Å². The van der Waals surface area contributed by atoms with Crippen molar-refractivity contribution in [3.05, 3.63) is 68.6 Å². The number of likely N-dealkylation sites (tertiary alicyclic amines) is 2. The standard InChI is InChI=1S/C46H44ClF6N5O7/c47-37-32-16-27(24-3-4-24)18-35(46(51,52)53)39(32)65-41(37)44(62)56-12-9-36(59)58(14-13-56)28-5-6-29(19-28)63-30-21-57(22-30)42(60)25-7-10-55(11-8-25)43(61)40-33(20-54)31-15-26(23-1-2-23)17-34(38(31)64-40)45(48,49)50/h15-18,23-25,28-30H,1-14,19,21-22H2. The average molecular weight is 928 g/mol. The van der Waals surface area contributed by atoms with E-state index in [1.165, 1.54) is 15.9 Å². The van der Waals surface area contributed by atoms with Crippen molar-refractivity contribution in [3.63, 3.8) is 0 Å². The summed E-state index contributed by atoms with van der Waals surface area (Å²) in [6, 6.07) is 6.96. The highest BCUT2D eigenvalue weighted by Gasteiger charge is 2.44. The number of ether oxygens (including phenoxy) is 1.